The molecule has 0 aliphatic carbocycles. The van der Waals surface area contributed by atoms with Crippen LogP contribution >= 0.6 is 34.8 Å². The van der Waals surface area contributed by atoms with E-state index in [1.54, 1.807) is 23.2 Å². The Morgan fingerprint density at radius 2 is 1.77 bits per heavy atom. The van der Waals surface area contributed by atoms with Crippen LogP contribution in [0.25, 0.3) is 5.69 Å². The van der Waals surface area contributed by atoms with Gasteiger partial charge < -0.3 is 14.5 Å². The van der Waals surface area contributed by atoms with Gasteiger partial charge in [-0.15, -0.1) is 5.10 Å². The highest BCUT2D eigenvalue weighted by molar-refractivity contribution is 6.40. The maximum absolute atomic E-state index is 13.5. The van der Waals surface area contributed by atoms with E-state index < -0.39 is 17.6 Å². The number of amides is 3. The number of rotatable bonds is 6. The maximum atomic E-state index is 13.5. The van der Waals surface area contributed by atoms with Crippen LogP contribution in [0.3, 0.4) is 0 Å². The minimum Gasteiger partial charge on any atom is -0.445 e. The van der Waals surface area contributed by atoms with Gasteiger partial charge in [0.05, 0.1) is 29.3 Å². The molecule has 1 atom stereocenters. The predicted molar refractivity (Wildman–Crippen MR) is 149 cm³/mol. The van der Waals surface area contributed by atoms with Crippen LogP contribution in [0.5, 0.6) is 0 Å². The summed E-state index contributed by atoms with van der Waals surface area (Å²) in [4.78, 5) is 43.8. The van der Waals surface area contributed by atoms with Gasteiger partial charge in [0.1, 0.15) is 24.0 Å². The quantitative estimate of drug-likeness (QED) is 0.412. The van der Waals surface area contributed by atoms with E-state index in [1.807, 2.05) is 44.2 Å². The van der Waals surface area contributed by atoms with Gasteiger partial charge in [-0.2, -0.15) is 0 Å². The molecule has 0 bridgehead atoms. The number of piperazine rings is 1. The van der Waals surface area contributed by atoms with Crippen molar-refractivity contribution in [2.24, 2.45) is 5.41 Å². The first kappa shape index (κ1) is 28.2. The molecule has 1 unspecified atom stereocenters. The molecule has 2 aromatic carbocycles. The first-order valence-corrected chi connectivity index (χ1v) is 13.8. The molecule has 5 rings (SSSR count). The van der Waals surface area contributed by atoms with E-state index in [9.17, 15) is 14.4 Å². The van der Waals surface area contributed by atoms with E-state index in [4.69, 9.17) is 39.5 Å². The summed E-state index contributed by atoms with van der Waals surface area (Å²) in [5.41, 5.74) is 1.39. The highest BCUT2D eigenvalue weighted by Crippen LogP contribution is 2.39. The lowest BCUT2D eigenvalue weighted by Gasteiger charge is -2.53. The molecule has 2 aliphatic rings. The fourth-order valence-electron chi connectivity index (χ4n) is 5.03. The highest BCUT2D eigenvalue weighted by atomic mass is 35.5. The molecule has 3 aromatic rings. The van der Waals surface area contributed by atoms with Crippen LogP contribution in [0.15, 0.2) is 48.7 Å². The van der Waals surface area contributed by atoms with E-state index in [1.165, 1.54) is 14.5 Å². The SMILES string of the molecule is CC1(C)CN(C(=O)OCc2ccccc2)C1C(=O)N1CCN(Cc2cn(-c3c(Cl)cc(Cl)cc3Cl)nn2)C(=O)C1. The number of halogens is 3. The Kier molecular flexibility index (Phi) is 7.94. The van der Waals surface area contributed by atoms with Crippen LogP contribution in [0, 0.1) is 5.41 Å². The lowest BCUT2D eigenvalue weighted by atomic mass is 9.74. The van der Waals surface area contributed by atoms with Crippen LogP contribution in [-0.2, 0) is 27.5 Å². The molecule has 40 heavy (non-hydrogen) atoms. The lowest BCUT2D eigenvalue weighted by molar-refractivity contribution is -0.158. The van der Waals surface area contributed by atoms with E-state index in [2.05, 4.69) is 10.3 Å². The second-order valence-corrected chi connectivity index (χ2v) is 11.8. The number of hydrogen-bond acceptors (Lipinski definition) is 6. The van der Waals surface area contributed by atoms with Crippen LogP contribution in [0.1, 0.15) is 25.1 Å². The zero-order chi connectivity index (χ0) is 28.6. The normalized spacial score (nSPS) is 18.5. The molecule has 2 fully saturated rings. The monoisotopic (exact) mass is 604 g/mol. The zero-order valence-corrected chi connectivity index (χ0v) is 24.2. The molecule has 13 heteroatoms. The Balaban J connectivity index is 1.19. The minimum absolute atomic E-state index is 0.0959. The van der Waals surface area contributed by atoms with Crippen molar-refractivity contribution in [3.63, 3.8) is 0 Å². The van der Waals surface area contributed by atoms with Gasteiger partial charge in [0, 0.05) is 30.1 Å². The number of hydrogen-bond donors (Lipinski definition) is 0. The predicted octanol–water partition coefficient (Wildman–Crippen LogP) is 4.45. The Labute approximate surface area is 246 Å². The average Bonchev–Trinajstić information content (AvgIpc) is 3.35. The topological polar surface area (TPSA) is 101 Å². The van der Waals surface area contributed by atoms with E-state index in [-0.39, 0.29) is 31.5 Å². The summed E-state index contributed by atoms with van der Waals surface area (Å²) < 4.78 is 6.89. The number of nitrogens with zero attached hydrogens (tertiary/aromatic N) is 6. The van der Waals surface area contributed by atoms with Crippen molar-refractivity contribution in [3.8, 4) is 5.69 Å². The van der Waals surface area contributed by atoms with E-state index in [0.29, 0.717) is 46.1 Å². The van der Waals surface area contributed by atoms with Crippen molar-refractivity contribution in [2.45, 2.75) is 33.0 Å². The molecule has 0 N–H and O–H groups in total. The number of carbonyl (C=O) groups is 3. The largest absolute Gasteiger partial charge is 0.445 e. The minimum atomic E-state index is -0.705. The third kappa shape index (κ3) is 5.75. The van der Waals surface area contributed by atoms with Gasteiger partial charge >= 0.3 is 6.09 Å². The second-order valence-electron chi connectivity index (χ2n) is 10.5. The molecule has 0 saturated carbocycles. The third-order valence-electron chi connectivity index (χ3n) is 7.04. The third-order valence-corrected chi connectivity index (χ3v) is 7.83. The Morgan fingerprint density at radius 3 is 2.42 bits per heavy atom. The standard InChI is InChI=1S/C27H27Cl3N6O4/c1-27(2)16-35(26(39)40-15-17-6-4-3-5-7-17)24(27)25(38)34-9-8-33(22(37)14-34)12-19-13-36(32-31-19)23-20(29)10-18(28)11-21(23)30/h3-7,10-11,13,24H,8-9,12,14-16H2,1-2H3. The number of likely N-dealkylation sites (tertiary alicyclic amines) is 1. The van der Waals surface area contributed by atoms with Gasteiger partial charge in [-0.1, -0.05) is 84.2 Å². The molecule has 2 aliphatic heterocycles. The second kappa shape index (κ2) is 11.3. The molecule has 3 amide bonds. The van der Waals surface area contributed by atoms with E-state index >= 15 is 0 Å². The summed E-state index contributed by atoms with van der Waals surface area (Å²) in [6.45, 7) is 5.11. The van der Waals surface area contributed by atoms with Crippen molar-refractivity contribution < 1.29 is 19.1 Å². The molecule has 1 aromatic heterocycles. The first-order chi connectivity index (χ1) is 19.0. The molecule has 210 valence electrons. The van der Waals surface area contributed by atoms with Crippen LogP contribution in [0.2, 0.25) is 15.1 Å². The Hall–Kier alpha value is -3.34. The van der Waals surface area contributed by atoms with Crippen molar-refractivity contribution >= 4 is 52.7 Å². The van der Waals surface area contributed by atoms with Crippen LogP contribution < -0.4 is 0 Å². The van der Waals surface area contributed by atoms with Gasteiger partial charge in [-0.05, 0) is 17.7 Å². The molecule has 10 nitrogen and oxygen atoms in total. The summed E-state index contributed by atoms with van der Waals surface area (Å²) in [7, 11) is 0. The van der Waals surface area contributed by atoms with Gasteiger partial charge in [-0.25, -0.2) is 9.48 Å². The number of aromatic nitrogens is 3. The van der Waals surface area contributed by atoms with Crippen molar-refractivity contribution in [1.29, 1.82) is 0 Å². The van der Waals surface area contributed by atoms with Crippen molar-refractivity contribution in [2.75, 3.05) is 26.2 Å². The van der Waals surface area contributed by atoms with Gasteiger partial charge in [0.2, 0.25) is 11.8 Å². The molecule has 3 heterocycles. The summed E-state index contributed by atoms with van der Waals surface area (Å²) in [5.74, 6) is -0.495. The number of benzene rings is 2. The maximum Gasteiger partial charge on any atom is 0.410 e. The van der Waals surface area contributed by atoms with Gasteiger partial charge in [-0.3, -0.25) is 14.5 Å². The number of carbonyl (C=O) groups excluding carboxylic acids is 3. The van der Waals surface area contributed by atoms with Gasteiger partial charge in [0.15, 0.2) is 0 Å². The highest BCUT2D eigenvalue weighted by Gasteiger charge is 2.54. The van der Waals surface area contributed by atoms with Gasteiger partial charge in [0.25, 0.3) is 0 Å². The number of ether oxygens (including phenoxy) is 1. The summed E-state index contributed by atoms with van der Waals surface area (Å²) >= 11 is 18.6. The fraction of sp³-hybridized carbons (Fsp3) is 0.370. The Morgan fingerprint density at radius 1 is 1.07 bits per heavy atom. The average molecular weight is 606 g/mol. The molecule has 0 radical (unpaired) electrons. The summed E-state index contributed by atoms with van der Waals surface area (Å²) in [5, 5.41) is 9.27. The Bertz CT molecular complexity index is 1420. The van der Waals surface area contributed by atoms with Crippen LogP contribution in [0.4, 0.5) is 4.79 Å². The molecule has 2 saturated heterocycles. The smallest absolute Gasteiger partial charge is 0.410 e. The van der Waals surface area contributed by atoms with Crippen molar-refractivity contribution in [1.82, 2.24) is 29.7 Å². The van der Waals surface area contributed by atoms with Crippen molar-refractivity contribution in [3.05, 3.63) is 75.0 Å². The summed E-state index contributed by atoms with van der Waals surface area (Å²) in [6.07, 6.45) is 1.09. The zero-order valence-electron chi connectivity index (χ0n) is 21.9. The fourth-order valence-corrected chi connectivity index (χ4v) is 6.02. The first-order valence-electron chi connectivity index (χ1n) is 12.6. The van der Waals surface area contributed by atoms with E-state index in [0.717, 1.165) is 5.56 Å². The molecular formula is C27H27Cl3N6O4. The molecule has 0 spiro atoms. The molecular weight excluding hydrogens is 579 g/mol. The lowest BCUT2D eigenvalue weighted by Crippen LogP contribution is -2.70. The summed E-state index contributed by atoms with van der Waals surface area (Å²) in [6, 6.07) is 11.8. The van der Waals surface area contributed by atoms with Crippen LogP contribution in [-0.4, -0.2) is 79.8 Å².